The van der Waals surface area contributed by atoms with E-state index in [-0.39, 0.29) is 75.2 Å². The van der Waals surface area contributed by atoms with E-state index in [1.165, 1.54) is 45.2 Å². The van der Waals surface area contributed by atoms with Crippen LogP contribution >= 0.6 is 23.2 Å². The zero-order valence-electron chi connectivity index (χ0n) is 64.9. The van der Waals surface area contributed by atoms with Gasteiger partial charge in [-0.25, -0.2) is 0 Å². The molecule has 0 radical (unpaired) electrons. The summed E-state index contributed by atoms with van der Waals surface area (Å²) in [6, 6.07) is 0.678. The van der Waals surface area contributed by atoms with Crippen molar-refractivity contribution in [2.24, 2.45) is 17.4 Å². The predicted octanol–water partition coefficient (Wildman–Crippen LogP) is 2.96. The van der Waals surface area contributed by atoms with Crippen LogP contribution in [0.5, 0.6) is 46.0 Å². The molecule has 2 saturated heterocycles. The van der Waals surface area contributed by atoms with E-state index >= 15 is 19.2 Å². The number of quaternary nitrogens is 1. The van der Waals surface area contributed by atoms with Gasteiger partial charge in [0.05, 0.1) is 68.5 Å². The quantitative estimate of drug-likeness (QED) is 0.0312. The minimum absolute atomic E-state index is 0.0363. The van der Waals surface area contributed by atoms with Gasteiger partial charge >= 0.3 is 0 Å². The molecule has 21 N–H and O–H groups in total. The number of halogens is 2. The Hall–Kier alpha value is -9.24. The van der Waals surface area contributed by atoms with E-state index in [1.54, 1.807) is 0 Å². The summed E-state index contributed by atoms with van der Waals surface area (Å²) in [6.45, 7) is 9.37. The normalized spacial score (nSPS) is 27.4. The number of fused-ring (bicyclic) bond motifs is 15. The highest BCUT2D eigenvalue weighted by molar-refractivity contribution is 6.32. The molecule has 8 amide bonds. The number of phenols is 3. The van der Waals surface area contributed by atoms with Gasteiger partial charge in [-0.1, -0.05) is 87.9 Å². The molecule has 7 aliphatic rings. The first-order valence-electron chi connectivity index (χ1n) is 38.2. The number of nitrogens with one attached hydrogen (secondary N) is 8. The second kappa shape index (κ2) is 37.8. The molecular weight excluding hydrogens is 1540 g/mol. The molecule has 0 spiro atoms. The molecule has 2 fully saturated rings. The number of aromatic hydroxyl groups is 3. The third-order valence-corrected chi connectivity index (χ3v) is 21.7. The number of ether oxygens (including phenoxy) is 6. The summed E-state index contributed by atoms with van der Waals surface area (Å²) in [4.78, 5) is 121. The number of carbonyl (C=O) groups is 8. The zero-order valence-corrected chi connectivity index (χ0v) is 66.4. The maximum absolute atomic E-state index is 16.3. The highest BCUT2D eigenvalue weighted by Crippen LogP contribution is 2.50. The van der Waals surface area contributed by atoms with Crippen molar-refractivity contribution < 1.29 is 117 Å². The van der Waals surface area contributed by atoms with Gasteiger partial charge < -0.3 is 133 Å². The van der Waals surface area contributed by atoms with Crippen molar-refractivity contribution in [1.82, 2.24) is 42.5 Å². The number of likely N-dealkylation sites (N-methyl/N-ethyl adjacent to an activating group) is 1. The number of benzene rings is 5. The first kappa shape index (κ1) is 88.1. The third kappa shape index (κ3) is 21.0. The molecule has 18 atom stereocenters. The van der Waals surface area contributed by atoms with E-state index in [1.807, 2.05) is 13.8 Å². The molecule has 12 rings (SSSR count). The van der Waals surface area contributed by atoms with Crippen LogP contribution in [0.3, 0.4) is 0 Å². The number of aliphatic hydroxyl groups is 6. The standard InChI is InChI=1S/C79H103Cl2N11O23/c1-9-10-11-12-13-14-23-92(7,8)24-15-22-85-73(105)61-44-31-42(94)32-50(96)58(44)43-26-38(16-19-49(43)95)59-74(106)91-63(77(109)89-61)65(99)40-18-21-52(46(81)28-40)112-54-30-41-29-53(68(54)115-78-69(67(101)66(100)55(35-93)113-78)114-57-34-79(5,83)70(102)37(4)110-57)111-51-20-17-39(27-45(51)80)64(98)62(90-71(103)47(84-6)25-36(2)3)76(108)86-48(33-56(82)97)72(104)87-60(41)75(107)88-59/h16-21,26-32,36-37,47-48,55,57,59-67,69-70,78,84,93,98-102H,9-15,22-25,33-35,83H2,1-8H3,(H11-,82,85,86,87,88,89,90,91,94,95,96,97,103,104,105,106,107,108,109)/p+1/t37-,47+,48-,55+,57-,59+,60+,61+,62+,63-,64+,65+,66+,67-,69+,70+,78-,79-/m0/s1. The number of carbonyl (C=O) groups excluding carboxylic acids is 8. The maximum Gasteiger partial charge on any atom is 0.248 e. The summed E-state index contributed by atoms with van der Waals surface area (Å²) in [7, 11) is 5.62. The highest BCUT2D eigenvalue weighted by atomic mass is 35.5. The Morgan fingerprint density at radius 1 is 0.696 bits per heavy atom. The molecule has 626 valence electrons. The molecule has 36 heteroatoms. The number of primary amides is 1. The van der Waals surface area contributed by atoms with E-state index in [9.17, 15) is 65.1 Å². The molecule has 115 heavy (non-hydrogen) atoms. The van der Waals surface area contributed by atoms with Gasteiger partial charge in [0.15, 0.2) is 23.9 Å². The number of rotatable bonds is 24. The fourth-order valence-electron chi connectivity index (χ4n) is 14.8. The third-order valence-electron chi connectivity index (χ3n) is 21.1. The summed E-state index contributed by atoms with van der Waals surface area (Å²) in [5.74, 6) is -14.4. The number of unbranched alkanes of at least 4 members (excludes halogenated alkanes) is 5. The van der Waals surface area contributed by atoms with Crippen LogP contribution in [0, 0.1) is 5.92 Å². The number of hydrogen-bond donors (Lipinski definition) is 19. The molecule has 34 nitrogen and oxygen atoms in total. The fraction of sp³-hybridized carbons (Fsp3) is 0.519. The van der Waals surface area contributed by atoms with Crippen molar-refractivity contribution in [3.05, 3.63) is 117 Å². The van der Waals surface area contributed by atoms with Crippen molar-refractivity contribution in [1.29, 1.82) is 0 Å². The molecule has 11 bridgehead atoms. The zero-order chi connectivity index (χ0) is 83.8. The molecule has 7 heterocycles. The van der Waals surface area contributed by atoms with E-state index in [0.717, 1.165) is 99.7 Å². The van der Waals surface area contributed by atoms with Gasteiger partial charge in [-0.3, -0.25) is 38.4 Å². The summed E-state index contributed by atoms with van der Waals surface area (Å²) in [5, 5.41) is 126. The first-order valence-corrected chi connectivity index (χ1v) is 39.0. The van der Waals surface area contributed by atoms with Gasteiger partial charge in [-0.05, 0) is 128 Å². The van der Waals surface area contributed by atoms with Gasteiger partial charge in [-0.2, -0.15) is 0 Å². The van der Waals surface area contributed by atoms with Crippen molar-refractivity contribution in [3.63, 3.8) is 0 Å². The fourth-order valence-corrected chi connectivity index (χ4v) is 15.2. The summed E-state index contributed by atoms with van der Waals surface area (Å²) < 4.78 is 39.3. The summed E-state index contributed by atoms with van der Waals surface area (Å²) >= 11 is 14.3. The van der Waals surface area contributed by atoms with E-state index in [4.69, 9.17) is 63.1 Å². The molecule has 5 aromatic rings. The Bertz CT molecular complexity index is 4410. The van der Waals surface area contributed by atoms with Gasteiger partial charge in [0, 0.05) is 42.1 Å². The number of nitrogens with zero attached hydrogens (tertiary/aromatic N) is 1. The summed E-state index contributed by atoms with van der Waals surface area (Å²) in [6.07, 6.45) is -11.5. The van der Waals surface area contributed by atoms with Crippen LogP contribution in [0.2, 0.25) is 10.0 Å². The predicted molar refractivity (Wildman–Crippen MR) is 415 cm³/mol. The van der Waals surface area contributed by atoms with Crippen molar-refractivity contribution in [2.75, 3.05) is 47.4 Å². The van der Waals surface area contributed by atoms with Crippen LogP contribution in [0.1, 0.15) is 157 Å². The lowest BCUT2D eigenvalue weighted by atomic mass is 9.86. The van der Waals surface area contributed by atoms with E-state index in [2.05, 4.69) is 63.6 Å². The molecule has 7 aliphatic heterocycles. The Kier molecular flexibility index (Phi) is 29.0. The van der Waals surface area contributed by atoms with Crippen LogP contribution in [0.25, 0.3) is 11.1 Å². The van der Waals surface area contributed by atoms with Crippen molar-refractivity contribution >= 4 is 70.5 Å². The average Bonchev–Trinajstić information content (AvgIpc) is 0.765. The van der Waals surface area contributed by atoms with Crippen LogP contribution in [-0.4, -0.2) is 224 Å². The number of amides is 8. The number of aliphatic hydroxyl groups excluding tert-OH is 6. The van der Waals surface area contributed by atoms with Gasteiger partial charge in [-0.15, -0.1) is 0 Å². The lowest BCUT2D eigenvalue weighted by Crippen LogP contribution is -2.64. The van der Waals surface area contributed by atoms with Crippen molar-refractivity contribution in [3.8, 4) is 57.1 Å². The Morgan fingerprint density at radius 2 is 1.30 bits per heavy atom. The second-order valence-electron chi connectivity index (χ2n) is 31.2. The molecule has 0 saturated carbocycles. The number of hydrogen-bond acceptors (Lipinski definition) is 25. The van der Waals surface area contributed by atoms with Crippen molar-refractivity contribution in [2.45, 2.75) is 208 Å². The second-order valence-corrected chi connectivity index (χ2v) is 32.0. The Balaban J connectivity index is 1.18. The van der Waals surface area contributed by atoms with Gasteiger partial charge in [0.2, 0.25) is 59.3 Å². The SMILES string of the molecule is CCCCCCCC[N+](C)(C)CCCNC(=O)[C@@H]1NC(=O)[C@H]2NC(=O)[C@H](NC(=O)[C@@H]3NC(=O)[C@H](CC(N)=O)NC(=O)[C@H](NC(=O)[C@@H](CC(C)C)NC)[C@H](O)c4ccc(c(Cl)c4)Oc4cc3cc(c4O[C@@H]3O[C@H](CO)[C@@H](O)[C@H](O)[C@H]3O[C@H]3C[C@](C)(N)[C@H](O)[C@H](C)O3)Oc3ccc(cc3Cl)[C@H]2O)c2ccc(O)c(c2)-c2c(O)cc(O)cc21. The largest absolute Gasteiger partial charge is 0.508 e. The number of phenolic OH excluding ortho intramolecular Hbond substituents is 3. The molecular formula is C79H104Cl2N11O23+. The molecule has 0 aliphatic carbocycles. The van der Waals surface area contributed by atoms with Crippen LogP contribution in [0.4, 0.5) is 0 Å². The Labute approximate surface area is 673 Å². The van der Waals surface area contributed by atoms with E-state index < -0.39 is 215 Å². The smallest absolute Gasteiger partial charge is 0.248 e. The minimum atomic E-state index is -2.33. The van der Waals surface area contributed by atoms with Crippen LogP contribution < -0.4 is 68.2 Å². The highest BCUT2D eigenvalue weighted by Gasteiger charge is 2.52. The average molecular weight is 1650 g/mol. The Morgan fingerprint density at radius 3 is 1.92 bits per heavy atom. The maximum atomic E-state index is 16.3. The first-order chi connectivity index (χ1) is 54.4. The molecule has 0 unspecified atom stereocenters. The molecule has 5 aromatic carbocycles. The van der Waals surface area contributed by atoms with E-state index in [0.29, 0.717) is 17.4 Å². The summed E-state index contributed by atoms with van der Waals surface area (Å²) in [5.41, 5.74) is 8.78. The lowest BCUT2D eigenvalue weighted by molar-refractivity contribution is -0.890. The topological polar surface area (TPSA) is 522 Å². The minimum Gasteiger partial charge on any atom is -0.508 e. The molecule has 0 aromatic heterocycles. The monoisotopic (exact) mass is 1640 g/mol. The van der Waals surface area contributed by atoms with Gasteiger partial charge in [0.1, 0.15) is 95.5 Å². The van der Waals surface area contributed by atoms with Crippen LogP contribution in [0.15, 0.2) is 78.9 Å². The lowest BCUT2D eigenvalue weighted by Gasteiger charge is -2.47. The van der Waals surface area contributed by atoms with Crippen LogP contribution in [-0.2, 0) is 52.6 Å². The van der Waals surface area contributed by atoms with Gasteiger partial charge in [0.25, 0.3) is 0 Å². The number of nitrogens with two attached hydrogens (primary N) is 2.